The highest BCUT2D eigenvalue weighted by Crippen LogP contribution is 2.25. The SMILES string of the molecule is Cc1ccc(C(=O)OC(C)C(=O)Nc2ccc(Cl)cc2)cc1S(=O)(=O)N1CCCCC1. The molecule has 0 aromatic heterocycles. The molecule has 1 heterocycles. The van der Waals surface area contributed by atoms with E-state index < -0.39 is 28.0 Å². The van der Waals surface area contributed by atoms with Crippen molar-refractivity contribution < 1.29 is 22.7 Å². The Morgan fingerprint density at radius 3 is 2.35 bits per heavy atom. The molecule has 1 saturated heterocycles. The molecule has 2 aromatic carbocycles. The van der Waals surface area contributed by atoms with Crippen molar-refractivity contribution in [3.63, 3.8) is 0 Å². The van der Waals surface area contributed by atoms with Crippen molar-refractivity contribution in [1.82, 2.24) is 4.31 Å². The van der Waals surface area contributed by atoms with Gasteiger partial charge < -0.3 is 10.1 Å². The Balaban J connectivity index is 1.72. The first-order valence-electron chi connectivity index (χ1n) is 10.1. The number of ether oxygens (including phenoxy) is 1. The number of benzene rings is 2. The number of carbonyl (C=O) groups excluding carboxylic acids is 2. The monoisotopic (exact) mass is 464 g/mol. The molecule has 2 aromatic rings. The van der Waals surface area contributed by atoms with Gasteiger partial charge in [-0.15, -0.1) is 0 Å². The summed E-state index contributed by atoms with van der Waals surface area (Å²) >= 11 is 5.82. The van der Waals surface area contributed by atoms with E-state index >= 15 is 0 Å². The highest BCUT2D eigenvalue weighted by atomic mass is 35.5. The van der Waals surface area contributed by atoms with Crippen molar-refractivity contribution in [2.24, 2.45) is 0 Å². The Hall–Kier alpha value is -2.42. The lowest BCUT2D eigenvalue weighted by atomic mass is 10.1. The van der Waals surface area contributed by atoms with Crippen molar-refractivity contribution in [2.45, 2.75) is 44.1 Å². The van der Waals surface area contributed by atoms with Crippen molar-refractivity contribution in [1.29, 1.82) is 0 Å². The van der Waals surface area contributed by atoms with Crippen LogP contribution in [0.4, 0.5) is 5.69 Å². The van der Waals surface area contributed by atoms with Gasteiger partial charge in [0.15, 0.2) is 6.10 Å². The molecule has 1 unspecified atom stereocenters. The number of halogens is 1. The summed E-state index contributed by atoms with van der Waals surface area (Å²) in [5.74, 6) is -1.28. The normalized spacial score (nSPS) is 15.8. The molecule has 3 rings (SSSR count). The standard InChI is InChI=1S/C22H25ClN2O5S/c1-15-6-7-17(14-20(15)31(28,29)25-12-4-3-5-13-25)22(27)30-16(2)21(26)24-19-10-8-18(23)9-11-19/h6-11,14,16H,3-5,12-13H2,1-2H3,(H,24,26). The van der Waals surface area contributed by atoms with Crippen LogP contribution >= 0.6 is 11.6 Å². The van der Waals surface area contributed by atoms with Crippen LogP contribution in [0.15, 0.2) is 47.4 Å². The lowest BCUT2D eigenvalue weighted by molar-refractivity contribution is -0.123. The largest absolute Gasteiger partial charge is 0.449 e. The predicted octanol–water partition coefficient (Wildman–Crippen LogP) is 4.01. The van der Waals surface area contributed by atoms with E-state index in [1.807, 2.05) is 0 Å². The average molecular weight is 465 g/mol. The van der Waals surface area contributed by atoms with Gasteiger partial charge in [-0.05, 0) is 68.7 Å². The molecule has 1 aliphatic rings. The third kappa shape index (κ3) is 5.64. The molecule has 1 aliphatic heterocycles. The number of hydrogen-bond donors (Lipinski definition) is 1. The summed E-state index contributed by atoms with van der Waals surface area (Å²) in [6.07, 6.45) is 1.57. The molecule has 166 valence electrons. The van der Waals surface area contributed by atoms with Crippen LogP contribution in [0.25, 0.3) is 0 Å². The van der Waals surface area contributed by atoms with E-state index in [1.54, 1.807) is 37.3 Å². The lowest BCUT2D eigenvalue weighted by Gasteiger charge is -2.26. The number of amides is 1. The third-order valence-corrected chi connectivity index (χ3v) is 7.41. The zero-order chi connectivity index (χ0) is 22.6. The Bertz CT molecular complexity index is 1060. The van der Waals surface area contributed by atoms with Crippen LogP contribution in [-0.4, -0.2) is 43.8 Å². The minimum absolute atomic E-state index is 0.0762. The molecule has 1 fully saturated rings. The zero-order valence-corrected chi connectivity index (χ0v) is 19.0. The van der Waals surface area contributed by atoms with Gasteiger partial charge in [-0.25, -0.2) is 13.2 Å². The number of sulfonamides is 1. The number of aryl methyl sites for hydroxylation is 1. The Morgan fingerprint density at radius 2 is 1.71 bits per heavy atom. The van der Waals surface area contributed by atoms with Gasteiger partial charge >= 0.3 is 5.97 Å². The van der Waals surface area contributed by atoms with Crippen LogP contribution in [0.5, 0.6) is 0 Å². The number of nitrogens with one attached hydrogen (secondary N) is 1. The Morgan fingerprint density at radius 1 is 1.06 bits per heavy atom. The summed E-state index contributed by atoms with van der Waals surface area (Å²) in [6.45, 7) is 4.08. The van der Waals surface area contributed by atoms with Crippen LogP contribution < -0.4 is 5.32 Å². The van der Waals surface area contributed by atoms with Crippen LogP contribution in [0.3, 0.4) is 0 Å². The number of carbonyl (C=O) groups is 2. The first-order valence-corrected chi connectivity index (χ1v) is 11.9. The molecule has 1 atom stereocenters. The summed E-state index contributed by atoms with van der Waals surface area (Å²) in [7, 11) is -3.70. The number of anilines is 1. The number of piperidine rings is 1. The van der Waals surface area contributed by atoms with Gasteiger partial charge in [0.1, 0.15) is 0 Å². The second-order valence-electron chi connectivity index (χ2n) is 7.49. The Labute approximate surface area is 187 Å². The fourth-order valence-corrected chi connectivity index (χ4v) is 5.20. The minimum atomic E-state index is -3.70. The maximum absolute atomic E-state index is 13.0. The van der Waals surface area contributed by atoms with Gasteiger partial charge in [0.25, 0.3) is 5.91 Å². The Kier molecular flexibility index (Phi) is 7.35. The van der Waals surface area contributed by atoms with Gasteiger partial charge in [0.2, 0.25) is 10.0 Å². The molecule has 9 heteroatoms. The average Bonchev–Trinajstić information content (AvgIpc) is 2.76. The van der Waals surface area contributed by atoms with E-state index in [1.165, 1.54) is 23.4 Å². The van der Waals surface area contributed by atoms with E-state index in [0.29, 0.717) is 29.4 Å². The number of nitrogens with zero attached hydrogens (tertiary/aromatic N) is 1. The first kappa shape index (κ1) is 23.2. The summed E-state index contributed by atoms with van der Waals surface area (Å²) in [5, 5.41) is 3.17. The molecule has 0 saturated carbocycles. The van der Waals surface area contributed by atoms with Gasteiger partial charge in [-0.2, -0.15) is 4.31 Å². The fourth-order valence-electron chi connectivity index (χ4n) is 3.31. The minimum Gasteiger partial charge on any atom is -0.449 e. The fraction of sp³-hybridized carbons (Fsp3) is 0.364. The molecular weight excluding hydrogens is 440 g/mol. The van der Waals surface area contributed by atoms with Crippen molar-refractivity contribution in [2.75, 3.05) is 18.4 Å². The molecule has 0 spiro atoms. The van der Waals surface area contributed by atoms with Crippen LogP contribution in [0, 0.1) is 6.92 Å². The first-order chi connectivity index (χ1) is 14.7. The molecule has 0 aliphatic carbocycles. The van der Waals surface area contributed by atoms with Crippen molar-refractivity contribution >= 4 is 39.2 Å². The smallest absolute Gasteiger partial charge is 0.338 e. The van der Waals surface area contributed by atoms with Crippen LogP contribution in [-0.2, 0) is 19.6 Å². The van der Waals surface area contributed by atoms with E-state index in [2.05, 4.69) is 5.32 Å². The molecule has 1 amide bonds. The maximum atomic E-state index is 13.0. The molecule has 7 nitrogen and oxygen atoms in total. The van der Waals surface area contributed by atoms with Crippen molar-refractivity contribution in [3.05, 3.63) is 58.6 Å². The second kappa shape index (κ2) is 9.80. The van der Waals surface area contributed by atoms with E-state index in [0.717, 1.165) is 19.3 Å². The van der Waals surface area contributed by atoms with Crippen LogP contribution in [0.2, 0.25) is 5.02 Å². The van der Waals surface area contributed by atoms with Crippen LogP contribution in [0.1, 0.15) is 42.1 Å². The highest BCUT2D eigenvalue weighted by Gasteiger charge is 2.28. The molecule has 0 bridgehead atoms. The third-order valence-electron chi connectivity index (χ3n) is 5.12. The van der Waals surface area contributed by atoms with E-state index in [4.69, 9.17) is 16.3 Å². The number of hydrogen-bond acceptors (Lipinski definition) is 5. The lowest BCUT2D eigenvalue weighted by Crippen LogP contribution is -2.36. The van der Waals surface area contributed by atoms with Crippen molar-refractivity contribution in [3.8, 4) is 0 Å². The summed E-state index contributed by atoms with van der Waals surface area (Å²) in [5.41, 5.74) is 1.14. The van der Waals surface area contributed by atoms with Gasteiger partial charge in [-0.3, -0.25) is 4.79 Å². The number of rotatable bonds is 6. The maximum Gasteiger partial charge on any atom is 0.338 e. The summed E-state index contributed by atoms with van der Waals surface area (Å²) < 4.78 is 32.8. The number of esters is 1. The van der Waals surface area contributed by atoms with Gasteiger partial charge in [0.05, 0.1) is 10.5 Å². The summed E-state index contributed by atoms with van der Waals surface area (Å²) in [4.78, 5) is 25.0. The second-order valence-corrected chi connectivity index (χ2v) is 9.83. The van der Waals surface area contributed by atoms with Gasteiger partial charge in [0, 0.05) is 23.8 Å². The molecule has 31 heavy (non-hydrogen) atoms. The molecule has 0 radical (unpaired) electrons. The quantitative estimate of drug-likeness (QED) is 0.652. The summed E-state index contributed by atoms with van der Waals surface area (Å²) in [6, 6.07) is 10.9. The predicted molar refractivity (Wildman–Crippen MR) is 119 cm³/mol. The zero-order valence-electron chi connectivity index (χ0n) is 17.4. The van der Waals surface area contributed by atoms with E-state index in [9.17, 15) is 18.0 Å². The topological polar surface area (TPSA) is 92.8 Å². The van der Waals surface area contributed by atoms with Gasteiger partial charge in [-0.1, -0.05) is 24.1 Å². The van der Waals surface area contributed by atoms with E-state index in [-0.39, 0.29) is 10.5 Å². The molecule has 1 N–H and O–H groups in total. The highest BCUT2D eigenvalue weighted by molar-refractivity contribution is 7.89. The molecular formula is C22H25ClN2O5S.